The fourth-order valence-electron chi connectivity index (χ4n) is 3.39. The molecule has 0 aliphatic heterocycles. The van der Waals surface area contributed by atoms with Crippen LogP contribution in [0, 0.1) is 6.92 Å². The first kappa shape index (κ1) is 21.2. The summed E-state index contributed by atoms with van der Waals surface area (Å²) in [6.45, 7) is 3.18. The Bertz CT molecular complexity index is 1150. The highest BCUT2D eigenvalue weighted by Crippen LogP contribution is 2.23. The Kier molecular flexibility index (Phi) is 6.51. The molecule has 3 aromatic carbocycles. The lowest BCUT2D eigenvalue weighted by molar-refractivity contribution is 0.0954. The van der Waals surface area contributed by atoms with Crippen molar-refractivity contribution in [3.63, 3.8) is 0 Å². The van der Waals surface area contributed by atoms with Crippen LogP contribution in [0.2, 0.25) is 0 Å². The number of aromatic nitrogens is 2. The number of carbonyl (C=O) groups excluding carboxylic acids is 1. The van der Waals surface area contributed by atoms with Gasteiger partial charge in [0.25, 0.3) is 5.91 Å². The zero-order valence-corrected chi connectivity index (χ0v) is 18.2. The van der Waals surface area contributed by atoms with Crippen LogP contribution in [-0.4, -0.2) is 35.6 Å². The van der Waals surface area contributed by atoms with Gasteiger partial charge in [-0.3, -0.25) is 4.79 Å². The smallest absolute Gasteiger partial charge is 0.251 e. The van der Waals surface area contributed by atoms with Gasteiger partial charge in [0.15, 0.2) is 0 Å². The lowest BCUT2D eigenvalue weighted by Crippen LogP contribution is -2.32. The van der Waals surface area contributed by atoms with E-state index in [0.29, 0.717) is 18.7 Å². The third-order valence-corrected chi connectivity index (χ3v) is 5.22. The number of amides is 1. The Morgan fingerprint density at radius 2 is 1.66 bits per heavy atom. The molecule has 0 aliphatic rings. The Morgan fingerprint density at radius 1 is 0.969 bits per heavy atom. The summed E-state index contributed by atoms with van der Waals surface area (Å²) in [5.41, 5.74) is 2.67. The normalized spacial score (nSPS) is 10.6. The van der Waals surface area contributed by atoms with E-state index in [1.165, 1.54) is 0 Å². The summed E-state index contributed by atoms with van der Waals surface area (Å²) in [7, 11) is 2.00. The molecule has 1 heterocycles. The number of hydrogen-bond donors (Lipinski definition) is 1. The SMILES string of the molecule is Cc1nccn1-c1ccc(C(=O)NCCN(C)c2ccc(Oc3ccccc3)cc2)cc1. The predicted octanol–water partition coefficient (Wildman–Crippen LogP) is 4.84. The van der Waals surface area contributed by atoms with Gasteiger partial charge in [-0.2, -0.15) is 0 Å². The lowest BCUT2D eigenvalue weighted by Gasteiger charge is -2.20. The quantitative estimate of drug-likeness (QED) is 0.438. The molecule has 0 unspecified atom stereocenters. The van der Waals surface area contributed by atoms with Gasteiger partial charge in [0.1, 0.15) is 17.3 Å². The molecule has 1 amide bonds. The number of para-hydroxylation sites is 1. The molecule has 1 N–H and O–H groups in total. The molecule has 0 atom stereocenters. The van der Waals surface area contributed by atoms with Crippen LogP contribution >= 0.6 is 0 Å². The van der Waals surface area contributed by atoms with E-state index in [1.807, 2.05) is 104 Å². The second-order valence-corrected chi connectivity index (χ2v) is 7.48. The number of nitrogens with zero attached hydrogens (tertiary/aromatic N) is 3. The van der Waals surface area contributed by atoms with Gasteiger partial charge in [0, 0.05) is 49.5 Å². The van der Waals surface area contributed by atoms with E-state index < -0.39 is 0 Å². The zero-order chi connectivity index (χ0) is 22.3. The molecule has 32 heavy (non-hydrogen) atoms. The number of hydrogen-bond acceptors (Lipinski definition) is 4. The van der Waals surface area contributed by atoms with Gasteiger partial charge < -0.3 is 19.5 Å². The van der Waals surface area contributed by atoms with Crippen LogP contribution in [-0.2, 0) is 0 Å². The van der Waals surface area contributed by atoms with Gasteiger partial charge in [0.2, 0.25) is 0 Å². The number of nitrogens with one attached hydrogen (secondary N) is 1. The molecule has 6 nitrogen and oxygen atoms in total. The second kappa shape index (κ2) is 9.83. The van der Waals surface area contributed by atoms with Gasteiger partial charge in [-0.05, 0) is 67.6 Å². The standard InChI is InChI=1S/C26H26N4O2/c1-20-27-17-19-30(20)23-10-8-21(9-11-23)26(31)28-16-18-29(2)22-12-14-25(15-13-22)32-24-6-4-3-5-7-24/h3-15,17,19H,16,18H2,1-2H3,(H,28,31). The van der Waals surface area contributed by atoms with Crippen LogP contribution in [0.25, 0.3) is 5.69 Å². The number of ether oxygens (including phenoxy) is 1. The second-order valence-electron chi connectivity index (χ2n) is 7.48. The first-order valence-corrected chi connectivity index (χ1v) is 10.5. The van der Waals surface area contributed by atoms with E-state index >= 15 is 0 Å². The molecule has 0 saturated carbocycles. The summed E-state index contributed by atoms with van der Waals surface area (Å²) < 4.78 is 7.81. The first-order valence-electron chi connectivity index (χ1n) is 10.5. The third-order valence-electron chi connectivity index (χ3n) is 5.22. The average Bonchev–Trinajstić information content (AvgIpc) is 3.26. The number of rotatable bonds is 8. The van der Waals surface area contributed by atoms with Crippen molar-refractivity contribution < 1.29 is 9.53 Å². The Hall–Kier alpha value is -4.06. The Balaban J connectivity index is 1.26. The van der Waals surface area contributed by atoms with Crippen LogP contribution < -0.4 is 15.0 Å². The van der Waals surface area contributed by atoms with Gasteiger partial charge >= 0.3 is 0 Å². The van der Waals surface area contributed by atoms with Crippen molar-refractivity contribution >= 4 is 11.6 Å². The Labute approximate surface area is 188 Å². The predicted molar refractivity (Wildman–Crippen MR) is 127 cm³/mol. The fourth-order valence-corrected chi connectivity index (χ4v) is 3.39. The average molecular weight is 427 g/mol. The molecule has 0 spiro atoms. The van der Waals surface area contributed by atoms with Gasteiger partial charge in [0.05, 0.1) is 0 Å². The van der Waals surface area contributed by atoms with Gasteiger partial charge in [-0.15, -0.1) is 0 Å². The largest absolute Gasteiger partial charge is 0.457 e. The number of benzene rings is 3. The molecule has 0 radical (unpaired) electrons. The molecular formula is C26H26N4O2. The van der Waals surface area contributed by atoms with Gasteiger partial charge in [-0.1, -0.05) is 18.2 Å². The highest BCUT2D eigenvalue weighted by Gasteiger charge is 2.08. The minimum atomic E-state index is -0.0843. The van der Waals surface area contributed by atoms with E-state index in [9.17, 15) is 4.79 Å². The van der Waals surface area contributed by atoms with Crippen LogP contribution in [0.5, 0.6) is 11.5 Å². The monoisotopic (exact) mass is 426 g/mol. The molecule has 6 heteroatoms. The van der Waals surface area contributed by atoms with Crippen LogP contribution in [0.1, 0.15) is 16.2 Å². The molecule has 1 aromatic heterocycles. The maximum absolute atomic E-state index is 12.5. The topological polar surface area (TPSA) is 59.4 Å². The molecule has 0 saturated heterocycles. The summed E-state index contributed by atoms with van der Waals surface area (Å²) in [5.74, 6) is 2.42. The molecule has 162 valence electrons. The van der Waals surface area contributed by atoms with Crippen molar-refractivity contribution in [2.45, 2.75) is 6.92 Å². The minimum Gasteiger partial charge on any atom is -0.457 e. The summed E-state index contributed by atoms with van der Waals surface area (Å²) in [6, 6.07) is 25.1. The van der Waals surface area contributed by atoms with Crippen molar-refractivity contribution in [1.82, 2.24) is 14.9 Å². The third kappa shape index (κ3) is 5.16. The summed E-state index contributed by atoms with van der Waals surface area (Å²) in [4.78, 5) is 18.8. The van der Waals surface area contributed by atoms with Crippen molar-refractivity contribution in [2.75, 3.05) is 25.0 Å². The Morgan fingerprint density at radius 3 is 2.31 bits per heavy atom. The lowest BCUT2D eigenvalue weighted by atomic mass is 10.2. The summed E-state index contributed by atoms with van der Waals surface area (Å²) in [6.07, 6.45) is 3.66. The van der Waals surface area contributed by atoms with E-state index in [-0.39, 0.29) is 5.91 Å². The molecular weight excluding hydrogens is 400 g/mol. The highest BCUT2D eigenvalue weighted by atomic mass is 16.5. The molecule has 4 aromatic rings. The molecule has 0 bridgehead atoms. The van der Waals surface area contributed by atoms with E-state index in [1.54, 1.807) is 6.20 Å². The van der Waals surface area contributed by atoms with Crippen molar-refractivity contribution in [2.24, 2.45) is 0 Å². The van der Waals surface area contributed by atoms with E-state index in [4.69, 9.17) is 4.74 Å². The first-order chi connectivity index (χ1) is 15.6. The maximum Gasteiger partial charge on any atom is 0.251 e. The minimum absolute atomic E-state index is 0.0843. The molecule has 4 rings (SSSR count). The maximum atomic E-state index is 12.5. The van der Waals surface area contributed by atoms with Gasteiger partial charge in [-0.25, -0.2) is 4.98 Å². The van der Waals surface area contributed by atoms with E-state index in [0.717, 1.165) is 28.7 Å². The number of aryl methyl sites for hydroxylation is 1. The number of likely N-dealkylation sites (N-methyl/N-ethyl adjacent to an activating group) is 1. The van der Waals surface area contributed by atoms with E-state index in [2.05, 4.69) is 15.2 Å². The van der Waals surface area contributed by atoms with Crippen LogP contribution in [0.15, 0.2) is 91.3 Å². The fraction of sp³-hybridized carbons (Fsp3) is 0.154. The number of imidazole rings is 1. The van der Waals surface area contributed by atoms with Crippen LogP contribution in [0.3, 0.4) is 0 Å². The van der Waals surface area contributed by atoms with Crippen molar-refractivity contribution in [3.05, 3.63) is 103 Å². The zero-order valence-electron chi connectivity index (χ0n) is 18.2. The van der Waals surface area contributed by atoms with Crippen molar-refractivity contribution in [3.8, 4) is 17.2 Å². The molecule has 0 fully saturated rings. The van der Waals surface area contributed by atoms with Crippen molar-refractivity contribution in [1.29, 1.82) is 0 Å². The number of anilines is 1. The van der Waals surface area contributed by atoms with Crippen LogP contribution in [0.4, 0.5) is 5.69 Å². The summed E-state index contributed by atoms with van der Waals surface area (Å²) in [5, 5.41) is 2.98. The summed E-state index contributed by atoms with van der Waals surface area (Å²) >= 11 is 0. The number of carbonyl (C=O) groups is 1. The molecule has 0 aliphatic carbocycles. The highest BCUT2D eigenvalue weighted by molar-refractivity contribution is 5.94.